The zero-order valence-electron chi connectivity index (χ0n) is 15.8. The number of aromatic nitrogens is 1. The van der Waals surface area contributed by atoms with Gasteiger partial charge in [-0.25, -0.2) is 0 Å². The van der Waals surface area contributed by atoms with Gasteiger partial charge in [-0.3, -0.25) is 19.3 Å². The van der Waals surface area contributed by atoms with Crippen molar-refractivity contribution in [2.75, 3.05) is 37.6 Å². The molecule has 0 atom stereocenters. The van der Waals surface area contributed by atoms with Crippen LogP contribution in [0.2, 0.25) is 0 Å². The van der Waals surface area contributed by atoms with E-state index in [4.69, 9.17) is 4.52 Å². The number of hydrogen-bond acceptors (Lipinski definition) is 6. The van der Waals surface area contributed by atoms with Crippen molar-refractivity contribution in [3.8, 4) is 0 Å². The Hall–Kier alpha value is -3.16. The predicted octanol–water partition coefficient (Wildman–Crippen LogP) is 1.71. The van der Waals surface area contributed by atoms with Crippen LogP contribution in [0.15, 0.2) is 34.9 Å². The first-order valence-electron chi connectivity index (χ1n) is 9.46. The molecule has 1 saturated heterocycles. The Bertz CT molecular complexity index is 879. The molecule has 2 aromatic rings. The van der Waals surface area contributed by atoms with Gasteiger partial charge in [-0.15, -0.1) is 0 Å². The smallest absolute Gasteiger partial charge is 0.261 e. The standard InChI is InChI=1S/C20H22N4O4/c1-14-13-17(21-28-14)22-9-11-23(12-10-22)18(25)7-4-8-24-19(26)15-5-2-3-6-16(15)20(24)27/h2-3,5-6,13H,4,7-12H2,1H3. The summed E-state index contributed by atoms with van der Waals surface area (Å²) in [5.41, 5.74) is 0.885. The van der Waals surface area contributed by atoms with E-state index in [9.17, 15) is 14.4 Å². The molecule has 2 aliphatic rings. The minimum Gasteiger partial charge on any atom is -0.360 e. The summed E-state index contributed by atoms with van der Waals surface area (Å²) in [5.74, 6) is 1.07. The van der Waals surface area contributed by atoms with E-state index in [1.54, 1.807) is 24.3 Å². The maximum atomic E-state index is 12.5. The van der Waals surface area contributed by atoms with Crippen molar-refractivity contribution in [2.45, 2.75) is 19.8 Å². The summed E-state index contributed by atoms with van der Waals surface area (Å²) in [4.78, 5) is 42.3. The molecule has 2 aliphatic heterocycles. The Morgan fingerprint density at radius 2 is 1.71 bits per heavy atom. The maximum absolute atomic E-state index is 12.5. The highest BCUT2D eigenvalue weighted by atomic mass is 16.5. The third-order valence-electron chi connectivity index (χ3n) is 5.22. The fourth-order valence-electron chi connectivity index (χ4n) is 3.68. The molecule has 0 unspecified atom stereocenters. The van der Waals surface area contributed by atoms with Crippen molar-refractivity contribution in [3.05, 3.63) is 47.2 Å². The third kappa shape index (κ3) is 3.37. The van der Waals surface area contributed by atoms with E-state index in [2.05, 4.69) is 10.1 Å². The summed E-state index contributed by atoms with van der Waals surface area (Å²) >= 11 is 0. The van der Waals surface area contributed by atoms with E-state index in [1.807, 2.05) is 17.9 Å². The number of amides is 3. The number of carbonyl (C=O) groups excluding carboxylic acids is 3. The summed E-state index contributed by atoms with van der Waals surface area (Å²) in [6.45, 7) is 4.77. The van der Waals surface area contributed by atoms with Gasteiger partial charge in [0.25, 0.3) is 11.8 Å². The molecule has 8 nitrogen and oxygen atoms in total. The molecule has 0 aliphatic carbocycles. The predicted molar refractivity (Wildman–Crippen MR) is 101 cm³/mol. The lowest BCUT2D eigenvalue weighted by molar-refractivity contribution is -0.131. The second-order valence-electron chi connectivity index (χ2n) is 7.07. The number of rotatable bonds is 5. The number of carbonyl (C=O) groups is 3. The number of anilines is 1. The van der Waals surface area contributed by atoms with E-state index in [1.165, 1.54) is 4.90 Å². The number of hydrogen-bond donors (Lipinski definition) is 0. The number of piperazine rings is 1. The highest BCUT2D eigenvalue weighted by molar-refractivity contribution is 6.21. The van der Waals surface area contributed by atoms with Crippen LogP contribution in [0.3, 0.4) is 0 Å². The van der Waals surface area contributed by atoms with Crippen molar-refractivity contribution >= 4 is 23.5 Å². The fraction of sp³-hybridized carbons (Fsp3) is 0.400. The summed E-state index contributed by atoms with van der Waals surface area (Å²) in [7, 11) is 0. The molecule has 0 saturated carbocycles. The number of fused-ring (bicyclic) bond motifs is 1. The molecule has 3 amide bonds. The lowest BCUT2D eigenvalue weighted by Crippen LogP contribution is -2.49. The quantitative estimate of drug-likeness (QED) is 0.732. The zero-order valence-corrected chi connectivity index (χ0v) is 15.8. The van der Waals surface area contributed by atoms with Gasteiger partial charge in [0.1, 0.15) is 5.76 Å². The first kappa shape index (κ1) is 18.2. The van der Waals surface area contributed by atoms with Crippen LogP contribution in [0, 0.1) is 6.92 Å². The number of benzene rings is 1. The SMILES string of the molecule is Cc1cc(N2CCN(C(=O)CCCN3C(=O)c4ccccc4C3=O)CC2)no1. The minimum absolute atomic E-state index is 0.0487. The van der Waals surface area contributed by atoms with Crippen molar-refractivity contribution in [1.82, 2.24) is 15.0 Å². The maximum Gasteiger partial charge on any atom is 0.261 e. The highest BCUT2D eigenvalue weighted by Gasteiger charge is 2.34. The van der Waals surface area contributed by atoms with Crippen molar-refractivity contribution in [3.63, 3.8) is 0 Å². The molecular formula is C20H22N4O4. The lowest BCUT2D eigenvalue weighted by Gasteiger charge is -2.34. The molecule has 0 spiro atoms. The second-order valence-corrected chi connectivity index (χ2v) is 7.07. The highest BCUT2D eigenvalue weighted by Crippen LogP contribution is 2.23. The van der Waals surface area contributed by atoms with E-state index < -0.39 is 0 Å². The van der Waals surface area contributed by atoms with Gasteiger partial charge in [-0.1, -0.05) is 17.3 Å². The van der Waals surface area contributed by atoms with Crippen molar-refractivity contribution in [1.29, 1.82) is 0 Å². The second kappa shape index (κ2) is 7.46. The van der Waals surface area contributed by atoms with Gasteiger partial charge < -0.3 is 14.3 Å². The Kier molecular flexibility index (Phi) is 4.85. The first-order chi connectivity index (χ1) is 13.5. The number of imide groups is 1. The molecule has 0 N–H and O–H groups in total. The van der Waals surface area contributed by atoms with Gasteiger partial charge in [0.05, 0.1) is 11.1 Å². The van der Waals surface area contributed by atoms with Crippen LogP contribution in [0.5, 0.6) is 0 Å². The van der Waals surface area contributed by atoms with E-state index in [-0.39, 0.29) is 24.3 Å². The van der Waals surface area contributed by atoms with Crippen molar-refractivity contribution in [2.24, 2.45) is 0 Å². The average molecular weight is 382 g/mol. The van der Waals surface area contributed by atoms with Crippen molar-refractivity contribution < 1.29 is 18.9 Å². The van der Waals surface area contributed by atoms with Crippen LogP contribution in [0.1, 0.15) is 39.3 Å². The van der Waals surface area contributed by atoms with E-state index in [0.29, 0.717) is 50.1 Å². The van der Waals surface area contributed by atoms with E-state index >= 15 is 0 Å². The largest absolute Gasteiger partial charge is 0.360 e. The summed E-state index contributed by atoms with van der Waals surface area (Å²) in [6.07, 6.45) is 0.781. The monoisotopic (exact) mass is 382 g/mol. The molecule has 1 aromatic carbocycles. The molecule has 0 radical (unpaired) electrons. The van der Waals surface area contributed by atoms with Crippen LogP contribution in [0.4, 0.5) is 5.82 Å². The molecule has 4 rings (SSSR count). The third-order valence-corrected chi connectivity index (χ3v) is 5.22. The van der Waals surface area contributed by atoms with Gasteiger partial charge >= 0.3 is 0 Å². The molecule has 1 aromatic heterocycles. The molecule has 28 heavy (non-hydrogen) atoms. The van der Waals surface area contributed by atoms with Gasteiger partial charge in [0, 0.05) is 45.2 Å². The average Bonchev–Trinajstić information content (AvgIpc) is 3.25. The Balaban J connectivity index is 1.25. The van der Waals surface area contributed by atoms with Gasteiger partial charge in [0.15, 0.2) is 5.82 Å². The molecule has 8 heteroatoms. The summed E-state index contributed by atoms with van der Waals surface area (Å²) in [5, 5.41) is 4.01. The normalized spacial score (nSPS) is 16.7. The Morgan fingerprint density at radius 3 is 2.29 bits per heavy atom. The van der Waals surface area contributed by atoms with Crippen LogP contribution in [0.25, 0.3) is 0 Å². The molecule has 1 fully saturated rings. The first-order valence-corrected chi connectivity index (χ1v) is 9.46. The molecular weight excluding hydrogens is 360 g/mol. The summed E-state index contributed by atoms with van der Waals surface area (Å²) < 4.78 is 5.10. The minimum atomic E-state index is -0.274. The lowest BCUT2D eigenvalue weighted by atomic mass is 10.1. The molecule has 3 heterocycles. The van der Waals surface area contributed by atoms with Crippen LogP contribution >= 0.6 is 0 Å². The van der Waals surface area contributed by atoms with E-state index in [0.717, 1.165) is 11.6 Å². The Morgan fingerprint density at radius 1 is 1.07 bits per heavy atom. The Labute approximate surface area is 162 Å². The number of aryl methyl sites for hydroxylation is 1. The summed E-state index contributed by atoms with van der Waals surface area (Å²) in [6, 6.07) is 8.71. The molecule has 146 valence electrons. The van der Waals surface area contributed by atoms with Gasteiger partial charge in [0.2, 0.25) is 5.91 Å². The topological polar surface area (TPSA) is 87.0 Å². The zero-order chi connectivity index (χ0) is 19.7. The fourth-order valence-corrected chi connectivity index (χ4v) is 3.68. The number of nitrogens with zero attached hydrogens (tertiary/aromatic N) is 4. The van der Waals surface area contributed by atoms with Gasteiger partial charge in [-0.05, 0) is 25.5 Å². The van der Waals surface area contributed by atoms with Crippen LogP contribution < -0.4 is 4.90 Å². The molecule has 0 bridgehead atoms. The van der Waals surface area contributed by atoms with Crippen LogP contribution in [-0.4, -0.2) is 65.4 Å². The van der Waals surface area contributed by atoms with Crippen LogP contribution in [-0.2, 0) is 4.79 Å². The van der Waals surface area contributed by atoms with Gasteiger partial charge in [-0.2, -0.15) is 0 Å².